The highest BCUT2D eigenvalue weighted by Gasteiger charge is 2.33. The highest BCUT2D eigenvalue weighted by Crippen LogP contribution is 2.38. The maximum Gasteiger partial charge on any atom is 0.416 e. The molecule has 0 radical (unpaired) electrons. The first-order chi connectivity index (χ1) is 19.5. The van der Waals surface area contributed by atoms with Gasteiger partial charge in [0, 0.05) is 42.9 Å². The Morgan fingerprint density at radius 3 is 2.07 bits per heavy atom. The molecular formula is C32H49F3N2O4. The van der Waals surface area contributed by atoms with Crippen molar-refractivity contribution in [3.8, 4) is 17.2 Å². The van der Waals surface area contributed by atoms with Crippen molar-refractivity contribution in [3.05, 3.63) is 52.1 Å². The van der Waals surface area contributed by atoms with Crippen LogP contribution in [-0.4, -0.2) is 70.5 Å². The van der Waals surface area contributed by atoms with E-state index in [9.17, 15) is 13.2 Å². The highest BCUT2D eigenvalue weighted by molar-refractivity contribution is 5.50. The molecule has 1 aliphatic heterocycles. The molecule has 1 heterocycles. The average Bonchev–Trinajstić information content (AvgIpc) is 2.96. The third-order valence-electron chi connectivity index (χ3n) is 7.31. The standard InChI is InChI=1S/C17H26F3NO.C15H23NO3/c1-6-8-21(7-2)11-13-9-14(17(18,19)20)10-15(22-5)16(13)12(3)4;1-4-13-14(17-2)6-5-12(15(13)18-3)11-16-7-9-19-10-8-16/h9-10,12H,6-8,11H2,1-5H3;5-6H,4,7-11H2,1-3H3. The number of morpholine rings is 1. The van der Waals surface area contributed by atoms with Gasteiger partial charge < -0.3 is 18.9 Å². The lowest BCUT2D eigenvalue weighted by Crippen LogP contribution is -2.35. The van der Waals surface area contributed by atoms with E-state index in [0.717, 1.165) is 87.5 Å². The van der Waals surface area contributed by atoms with Crippen molar-refractivity contribution < 1.29 is 32.1 Å². The van der Waals surface area contributed by atoms with Gasteiger partial charge in [-0.15, -0.1) is 0 Å². The lowest BCUT2D eigenvalue weighted by Gasteiger charge is -2.27. The van der Waals surface area contributed by atoms with Crippen LogP contribution in [0.3, 0.4) is 0 Å². The van der Waals surface area contributed by atoms with Crippen LogP contribution in [0.1, 0.15) is 74.8 Å². The molecule has 0 saturated carbocycles. The molecule has 3 rings (SSSR count). The normalized spacial score (nSPS) is 14.2. The molecule has 9 heteroatoms. The average molecular weight is 583 g/mol. The molecule has 0 unspecified atom stereocenters. The van der Waals surface area contributed by atoms with Gasteiger partial charge in [-0.05, 0) is 55.6 Å². The fourth-order valence-corrected chi connectivity index (χ4v) is 5.27. The monoisotopic (exact) mass is 582 g/mol. The SMILES string of the molecule is CCCN(CC)Cc1cc(C(F)(F)F)cc(OC)c1C(C)C.CCc1c(OC)ccc(CN2CCOCC2)c1OC. The van der Waals surface area contributed by atoms with E-state index in [-0.39, 0.29) is 5.92 Å². The Morgan fingerprint density at radius 2 is 1.59 bits per heavy atom. The van der Waals surface area contributed by atoms with Crippen LogP contribution in [0.15, 0.2) is 24.3 Å². The summed E-state index contributed by atoms with van der Waals surface area (Å²) in [5.41, 5.74) is 3.30. The van der Waals surface area contributed by atoms with Gasteiger partial charge in [0.15, 0.2) is 0 Å². The molecule has 2 aromatic rings. The third-order valence-corrected chi connectivity index (χ3v) is 7.31. The van der Waals surface area contributed by atoms with Crippen molar-refractivity contribution in [3.63, 3.8) is 0 Å². The smallest absolute Gasteiger partial charge is 0.416 e. The van der Waals surface area contributed by atoms with Crippen LogP contribution in [0, 0.1) is 0 Å². The maximum atomic E-state index is 13.1. The Hall–Kier alpha value is -2.49. The molecule has 0 bridgehead atoms. The van der Waals surface area contributed by atoms with Crippen molar-refractivity contribution in [1.82, 2.24) is 9.80 Å². The summed E-state index contributed by atoms with van der Waals surface area (Å²) in [4.78, 5) is 4.55. The molecule has 41 heavy (non-hydrogen) atoms. The Bertz CT molecular complexity index is 1070. The topological polar surface area (TPSA) is 43.4 Å². The largest absolute Gasteiger partial charge is 0.496 e. The van der Waals surface area contributed by atoms with Crippen LogP contribution in [0.25, 0.3) is 0 Å². The van der Waals surface area contributed by atoms with Crippen LogP contribution in [0.5, 0.6) is 17.2 Å². The molecule has 0 N–H and O–H groups in total. The summed E-state index contributed by atoms with van der Waals surface area (Å²) < 4.78 is 61.0. The van der Waals surface area contributed by atoms with Gasteiger partial charge in [0.2, 0.25) is 0 Å². The quantitative estimate of drug-likeness (QED) is 0.264. The predicted octanol–water partition coefficient (Wildman–Crippen LogP) is 7.17. The summed E-state index contributed by atoms with van der Waals surface area (Å²) in [5, 5.41) is 0. The number of nitrogens with zero attached hydrogens (tertiary/aromatic N) is 2. The van der Waals surface area contributed by atoms with Crippen LogP contribution in [0.4, 0.5) is 13.2 Å². The second kappa shape index (κ2) is 16.8. The zero-order chi connectivity index (χ0) is 30.6. The van der Waals surface area contributed by atoms with Gasteiger partial charge in [-0.1, -0.05) is 40.7 Å². The number of rotatable bonds is 12. The minimum Gasteiger partial charge on any atom is -0.496 e. The Balaban J connectivity index is 0.000000289. The lowest BCUT2D eigenvalue weighted by molar-refractivity contribution is -0.137. The van der Waals surface area contributed by atoms with Crippen molar-refractivity contribution in [2.75, 3.05) is 60.7 Å². The van der Waals surface area contributed by atoms with Crippen molar-refractivity contribution in [2.24, 2.45) is 0 Å². The van der Waals surface area contributed by atoms with Gasteiger partial charge in [0.05, 0.1) is 40.1 Å². The van der Waals surface area contributed by atoms with E-state index in [1.807, 2.05) is 26.8 Å². The first-order valence-corrected chi connectivity index (χ1v) is 14.6. The molecule has 1 saturated heterocycles. The van der Waals surface area contributed by atoms with Gasteiger partial charge in [-0.3, -0.25) is 9.80 Å². The van der Waals surface area contributed by atoms with Crippen LogP contribution in [-0.2, 0) is 30.4 Å². The molecule has 0 aliphatic carbocycles. The number of ether oxygens (including phenoxy) is 4. The molecule has 232 valence electrons. The summed E-state index contributed by atoms with van der Waals surface area (Å²) in [6.07, 6.45) is -2.48. The Morgan fingerprint density at radius 1 is 0.927 bits per heavy atom. The van der Waals surface area contributed by atoms with Crippen molar-refractivity contribution in [2.45, 2.75) is 72.6 Å². The summed E-state index contributed by atoms with van der Waals surface area (Å²) in [6, 6.07) is 6.52. The van der Waals surface area contributed by atoms with E-state index in [1.54, 1.807) is 14.2 Å². The van der Waals surface area contributed by atoms with Gasteiger partial charge in [0.1, 0.15) is 17.2 Å². The second-order valence-electron chi connectivity index (χ2n) is 10.5. The maximum absolute atomic E-state index is 13.1. The minimum absolute atomic E-state index is 0.104. The molecule has 1 aliphatic rings. The first-order valence-electron chi connectivity index (χ1n) is 14.6. The number of benzene rings is 2. The van der Waals surface area contributed by atoms with Crippen molar-refractivity contribution >= 4 is 0 Å². The second-order valence-corrected chi connectivity index (χ2v) is 10.5. The van der Waals surface area contributed by atoms with Gasteiger partial charge in [-0.25, -0.2) is 0 Å². The third kappa shape index (κ3) is 9.79. The number of alkyl halides is 3. The molecule has 0 amide bonds. The van der Waals surface area contributed by atoms with Crippen molar-refractivity contribution in [1.29, 1.82) is 0 Å². The number of halogens is 3. The van der Waals surface area contributed by atoms with E-state index in [0.29, 0.717) is 17.9 Å². The zero-order valence-corrected chi connectivity index (χ0v) is 26.1. The zero-order valence-electron chi connectivity index (χ0n) is 26.1. The molecule has 0 aromatic heterocycles. The Kier molecular flexibility index (Phi) is 14.2. The number of hydrogen-bond acceptors (Lipinski definition) is 6. The van der Waals surface area contributed by atoms with E-state index in [4.69, 9.17) is 18.9 Å². The number of hydrogen-bond donors (Lipinski definition) is 0. The fourth-order valence-electron chi connectivity index (χ4n) is 5.27. The molecule has 2 aromatic carbocycles. The fraction of sp³-hybridized carbons (Fsp3) is 0.625. The van der Waals surface area contributed by atoms with Gasteiger partial charge >= 0.3 is 6.18 Å². The lowest BCUT2D eigenvalue weighted by atomic mass is 9.93. The van der Waals surface area contributed by atoms with Crippen LogP contribution < -0.4 is 14.2 Å². The molecule has 6 nitrogen and oxygen atoms in total. The van der Waals surface area contributed by atoms with E-state index in [1.165, 1.54) is 18.7 Å². The summed E-state index contributed by atoms with van der Waals surface area (Å²) in [5.74, 6) is 2.30. The van der Waals surface area contributed by atoms with Crippen LogP contribution >= 0.6 is 0 Å². The van der Waals surface area contributed by atoms with E-state index < -0.39 is 11.7 Å². The predicted molar refractivity (Wildman–Crippen MR) is 158 cm³/mol. The summed E-state index contributed by atoms with van der Waals surface area (Å²) in [7, 11) is 4.86. The van der Waals surface area contributed by atoms with Gasteiger partial charge in [-0.2, -0.15) is 13.2 Å². The van der Waals surface area contributed by atoms with E-state index in [2.05, 4.69) is 29.7 Å². The highest BCUT2D eigenvalue weighted by atomic mass is 19.4. The molecule has 1 fully saturated rings. The van der Waals surface area contributed by atoms with Gasteiger partial charge in [0.25, 0.3) is 0 Å². The molecule has 0 spiro atoms. The summed E-state index contributed by atoms with van der Waals surface area (Å²) >= 11 is 0. The molecular weight excluding hydrogens is 533 g/mol. The number of methoxy groups -OCH3 is 3. The Labute approximate surface area is 244 Å². The van der Waals surface area contributed by atoms with Crippen LogP contribution in [0.2, 0.25) is 0 Å². The molecule has 0 atom stereocenters. The summed E-state index contributed by atoms with van der Waals surface area (Å²) in [6.45, 7) is 16.9. The first kappa shape index (κ1) is 34.7. The minimum atomic E-state index is -4.36. The van der Waals surface area contributed by atoms with E-state index >= 15 is 0 Å².